The molecule has 18 heavy (non-hydrogen) atoms. The van der Waals surface area contributed by atoms with Gasteiger partial charge in [0.15, 0.2) is 9.84 Å². The van der Waals surface area contributed by atoms with E-state index in [9.17, 15) is 16.8 Å². The molecule has 102 valence electrons. The number of aliphatic hydroxyl groups excluding tert-OH is 1. The van der Waals surface area contributed by atoms with Crippen LogP contribution in [0.25, 0.3) is 0 Å². The lowest BCUT2D eigenvalue weighted by atomic mass is 10.4. The zero-order valence-electron chi connectivity index (χ0n) is 9.99. The van der Waals surface area contributed by atoms with Crippen LogP contribution < -0.4 is 4.72 Å². The minimum Gasteiger partial charge on any atom is -0.395 e. The van der Waals surface area contributed by atoms with Crippen molar-refractivity contribution in [3.8, 4) is 0 Å². The van der Waals surface area contributed by atoms with E-state index in [1.165, 1.54) is 31.2 Å². The van der Waals surface area contributed by atoms with Gasteiger partial charge < -0.3 is 5.11 Å². The number of sulfonamides is 1. The molecule has 0 aliphatic rings. The van der Waals surface area contributed by atoms with Crippen molar-refractivity contribution in [2.75, 3.05) is 12.9 Å². The maximum atomic E-state index is 11.8. The average Bonchev–Trinajstić information content (AvgIpc) is 2.27. The standard InChI is InChI=1S/C10H15NO5S2/c1-8(7-12)11-18(15,16)10-5-3-9(4-6-10)17(2,13)14/h3-6,8,11-12H,7H2,1-2H3/t8-/m0/s1. The summed E-state index contributed by atoms with van der Waals surface area (Å²) in [5.74, 6) is 0. The van der Waals surface area contributed by atoms with Crippen molar-refractivity contribution in [3.63, 3.8) is 0 Å². The van der Waals surface area contributed by atoms with Crippen molar-refractivity contribution in [2.45, 2.75) is 22.8 Å². The number of hydrogen-bond acceptors (Lipinski definition) is 5. The molecular formula is C10H15NO5S2. The topological polar surface area (TPSA) is 101 Å². The Bertz CT molecular complexity index is 604. The number of rotatable bonds is 5. The predicted molar refractivity (Wildman–Crippen MR) is 66.4 cm³/mol. The number of aliphatic hydroxyl groups is 1. The maximum absolute atomic E-state index is 11.8. The van der Waals surface area contributed by atoms with Crippen LogP contribution in [0.3, 0.4) is 0 Å². The Morgan fingerprint density at radius 1 is 1.11 bits per heavy atom. The molecule has 0 heterocycles. The van der Waals surface area contributed by atoms with Gasteiger partial charge in [0.1, 0.15) is 0 Å². The highest BCUT2D eigenvalue weighted by molar-refractivity contribution is 7.90. The van der Waals surface area contributed by atoms with E-state index in [-0.39, 0.29) is 16.4 Å². The second kappa shape index (κ2) is 5.35. The van der Waals surface area contributed by atoms with Crippen molar-refractivity contribution in [1.29, 1.82) is 0 Å². The molecule has 1 aromatic rings. The molecule has 0 bridgehead atoms. The van der Waals surface area contributed by atoms with Crippen LogP contribution in [0, 0.1) is 0 Å². The van der Waals surface area contributed by atoms with Crippen LogP contribution in [0.2, 0.25) is 0 Å². The van der Waals surface area contributed by atoms with Gasteiger partial charge >= 0.3 is 0 Å². The van der Waals surface area contributed by atoms with Gasteiger partial charge in [-0.15, -0.1) is 0 Å². The Balaban J connectivity index is 3.06. The highest BCUT2D eigenvalue weighted by Crippen LogP contribution is 2.14. The Hall–Kier alpha value is -0.960. The van der Waals surface area contributed by atoms with Crippen LogP contribution in [0.5, 0.6) is 0 Å². The second-order valence-corrected chi connectivity index (χ2v) is 7.68. The number of sulfone groups is 1. The largest absolute Gasteiger partial charge is 0.395 e. The lowest BCUT2D eigenvalue weighted by Gasteiger charge is -2.11. The smallest absolute Gasteiger partial charge is 0.240 e. The molecule has 0 unspecified atom stereocenters. The molecule has 0 saturated heterocycles. The first-order valence-corrected chi connectivity index (χ1v) is 8.47. The maximum Gasteiger partial charge on any atom is 0.240 e. The van der Waals surface area contributed by atoms with Crippen LogP contribution in [-0.4, -0.2) is 40.8 Å². The third-order valence-corrected chi connectivity index (χ3v) is 4.93. The summed E-state index contributed by atoms with van der Waals surface area (Å²) in [4.78, 5) is 0.00635. The Morgan fingerprint density at radius 2 is 1.56 bits per heavy atom. The number of hydrogen-bond donors (Lipinski definition) is 2. The molecule has 0 saturated carbocycles. The normalized spacial score (nSPS) is 14.4. The predicted octanol–water partition coefficient (Wildman–Crippen LogP) is -0.251. The lowest BCUT2D eigenvalue weighted by Crippen LogP contribution is -2.34. The second-order valence-electron chi connectivity index (χ2n) is 3.95. The molecule has 6 nitrogen and oxygen atoms in total. The fourth-order valence-electron chi connectivity index (χ4n) is 1.24. The van der Waals surface area contributed by atoms with Gasteiger partial charge in [0.05, 0.1) is 16.4 Å². The van der Waals surface area contributed by atoms with E-state index in [0.717, 1.165) is 6.26 Å². The minimum atomic E-state index is -3.74. The van der Waals surface area contributed by atoms with E-state index in [2.05, 4.69) is 4.72 Å². The molecule has 2 N–H and O–H groups in total. The zero-order valence-corrected chi connectivity index (χ0v) is 11.6. The van der Waals surface area contributed by atoms with Gasteiger partial charge in [0.25, 0.3) is 0 Å². The number of benzene rings is 1. The van der Waals surface area contributed by atoms with Crippen molar-refractivity contribution >= 4 is 19.9 Å². The van der Waals surface area contributed by atoms with Gasteiger partial charge in [-0.1, -0.05) is 0 Å². The molecule has 8 heteroatoms. The van der Waals surface area contributed by atoms with Gasteiger partial charge in [0.2, 0.25) is 10.0 Å². The Kier molecular flexibility index (Phi) is 4.49. The zero-order chi connectivity index (χ0) is 14.0. The lowest BCUT2D eigenvalue weighted by molar-refractivity contribution is 0.265. The first-order valence-electron chi connectivity index (χ1n) is 5.10. The summed E-state index contributed by atoms with van der Waals surface area (Å²) in [5, 5.41) is 8.79. The fourth-order valence-corrected chi connectivity index (χ4v) is 3.10. The summed E-state index contributed by atoms with van der Waals surface area (Å²) in [7, 11) is -7.09. The Morgan fingerprint density at radius 3 is 1.94 bits per heavy atom. The molecule has 1 rings (SSSR count). The summed E-state index contributed by atoms with van der Waals surface area (Å²) in [6.45, 7) is 1.20. The van der Waals surface area contributed by atoms with Crippen molar-refractivity contribution in [3.05, 3.63) is 24.3 Å². The molecular weight excluding hydrogens is 278 g/mol. The summed E-state index contributed by atoms with van der Waals surface area (Å²) in [6, 6.07) is 4.27. The summed E-state index contributed by atoms with van der Waals surface area (Å²) >= 11 is 0. The molecule has 0 aliphatic carbocycles. The van der Waals surface area contributed by atoms with E-state index in [0.29, 0.717) is 0 Å². The molecule has 0 aliphatic heterocycles. The Labute approximate surface area is 107 Å². The van der Waals surface area contributed by atoms with E-state index < -0.39 is 25.9 Å². The SMILES string of the molecule is C[C@@H](CO)NS(=O)(=O)c1ccc(S(C)(=O)=O)cc1. The van der Waals surface area contributed by atoms with E-state index in [4.69, 9.17) is 5.11 Å². The highest BCUT2D eigenvalue weighted by atomic mass is 32.2. The molecule has 0 aromatic heterocycles. The molecule has 1 atom stereocenters. The first kappa shape index (κ1) is 15.1. The minimum absolute atomic E-state index is 0.0461. The molecule has 0 fully saturated rings. The van der Waals surface area contributed by atoms with Crippen LogP contribution in [0.15, 0.2) is 34.1 Å². The molecule has 0 radical (unpaired) electrons. The van der Waals surface area contributed by atoms with Gasteiger partial charge in [-0.25, -0.2) is 21.6 Å². The third-order valence-electron chi connectivity index (χ3n) is 2.19. The summed E-state index contributed by atoms with van der Waals surface area (Å²) < 4.78 is 48.3. The monoisotopic (exact) mass is 293 g/mol. The van der Waals surface area contributed by atoms with Crippen LogP contribution in [0.4, 0.5) is 0 Å². The molecule has 0 spiro atoms. The van der Waals surface area contributed by atoms with E-state index in [1.807, 2.05) is 0 Å². The summed E-state index contributed by atoms with van der Waals surface area (Å²) in [5.41, 5.74) is 0. The quantitative estimate of drug-likeness (QED) is 0.779. The van der Waals surface area contributed by atoms with Crippen LogP contribution in [-0.2, 0) is 19.9 Å². The highest BCUT2D eigenvalue weighted by Gasteiger charge is 2.17. The van der Waals surface area contributed by atoms with Crippen LogP contribution in [0.1, 0.15) is 6.92 Å². The van der Waals surface area contributed by atoms with Crippen molar-refractivity contribution in [2.24, 2.45) is 0 Å². The fraction of sp³-hybridized carbons (Fsp3) is 0.400. The first-order chi connectivity index (χ1) is 8.16. The third kappa shape index (κ3) is 3.77. The van der Waals surface area contributed by atoms with E-state index >= 15 is 0 Å². The summed E-state index contributed by atoms with van der Waals surface area (Å²) in [6.07, 6.45) is 1.04. The molecule has 1 aromatic carbocycles. The van der Waals surface area contributed by atoms with Gasteiger partial charge in [-0.05, 0) is 31.2 Å². The van der Waals surface area contributed by atoms with Crippen LogP contribution >= 0.6 is 0 Å². The number of nitrogens with one attached hydrogen (secondary N) is 1. The van der Waals surface area contributed by atoms with Gasteiger partial charge in [0, 0.05) is 12.3 Å². The molecule has 0 amide bonds. The van der Waals surface area contributed by atoms with E-state index in [1.54, 1.807) is 0 Å². The van der Waals surface area contributed by atoms with Crippen molar-refractivity contribution in [1.82, 2.24) is 4.72 Å². The van der Waals surface area contributed by atoms with Gasteiger partial charge in [-0.2, -0.15) is 0 Å². The average molecular weight is 293 g/mol. The van der Waals surface area contributed by atoms with Crippen molar-refractivity contribution < 1.29 is 21.9 Å². The van der Waals surface area contributed by atoms with Gasteiger partial charge in [-0.3, -0.25) is 0 Å².